The van der Waals surface area contributed by atoms with Gasteiger partial charge >= 0.3 is 6.03 Å². The second kappa shape index (κ2) is 12.0. The molecule has 0 atom stereocenters. The summed E-state index contributed by atoms with van der Waals surface area (Å²) >= 11 is 0. The highest BCUT2D eigenvalue weighted by Crippen LogP contribution is 2.19. The summed E-state index contributed by atoms with van der Waals surface area (Å²) in [6.45, 7) is 7.30. The summed E-state index contributed by atoms with van der Waals surface area (Å²) in [6.07, 6.45) is 0. The standard InChI is InChI=1S/C20H29FN6O3.HI/c1-3-22-19(23-6-7-27-18(28)13-24-20(27)29)26-10-8-25(9-11-26)14-15-4-5-17(30-2)16(21)12-15;/h4-5,12H,3,6-11,13-14H2,1-2H3,(H,22,23)(H,24,29);1H. The van der Waals surface area contributed by atoms with E-state index in [0.717, 1.165) is 44.2 Å². The van der Waals surface area contributed by atoms with Gasteiger partial charge in [0.1, 0.15) is 0 Å². The Balaban J connectivity index is 0.00000341. The number of nitrogens with zero attached hydrogens (tertiary/aromatic N) is 4. The maximum atomic E-state index is 13.9. The van der Waals surface area contributed by atoms with E-state index in [1.807, 2.05) is 13.0 Å². The molecule has 1 aromatic carbocycles. The van der Waals surface area contributed by atoms with Crippen LogP contribution in [0.25, 0.3) is 0 Å². The quantitative estimate of drug-likeness (QED) is 0.230. The number of hydrogen-bond acceptors (Lipinski definition) is 5. The highest BCUT2D eigenvalue weighted by molar-refractivity contribution is 14.0. The van der Waals surface area contributed by atoms with Crippen LogP contribution in [0.4, 0.5) is 9.18 Å². The van der Waals surface area contributed by atoms with Crippen LogP contribution in [0.5, 0.6) is 5.75 Å². The van der Waals surface area contributed by atoms with Crippen molar-refractivity contribution in [3.8, 4) is 5.75 Å². The van der Waals surface area contributed by atoms with Gasteiger partial charge in [-0.3, -0.25) is 19.6 Å². The lowest BCUT2D eigenvalue weighted by molar-refractivity contribution is -0.124. The second-order valence-electron chi connectivity index (χ2n) is 7.17. The van der Waals surface area contributed by atoms with Crippen LogP contribution in [0.3, 0.4) is 0 Å². The predicted octanol–water partition coefficient (Wildman–Crippen LogP) is 1.09. The number of imide groups is 1. The van der Waals surface area contributed by atoms with Crippen LogP contribution in [0.1, 0.15) is 12.5 Å². The Morgan fingerprint density at radius 1 is 1.26 bits per heavy atom. The highest BCUT2D eigenvalue weighted by atomic mass is 127. The normalized spacial score (nSPS) is 17.5. The maximum Gasteiger partial charge on any atom is 0.324 e. The van der Waals surface area contributed by atoms with Crippen molar-refractivity contribution in [2.24, 2.45) is 4.99 Å². The van der Waals surface area contributed by atoms with E-state index in [1.54, 1.807) is 6.07 Å². The molecular formula is C20H30FIN6O3. The van der Waals surface area contributed by atoms with Gasteiger partial charge in [-0.05, 0) is 24.6 Å². The van der Waals surface area contributed by atoms with Crippen molar-refractivity contribution in [3.05, 3.63) is 29.6 Å². The molecule has 2 fully saturated rings. The third kappa shape index (κ3) is 6.66. The molecule has 0 saturated carbocycles. The minimum Gasteiger partial charge on any atom is -0.494 e. The van der Waals surface area contributed by atoms with Crippen molar-refractivity contribution in [3.63, 3.8) is 0 Å². The number of aliphatic imine (C=N–C) groups is 1. The number of piperazine rings is 1. The van der Waals surface area contributed by atoms with Gasteiger partial charge in [-0.25, -0.2) is 9.18 Å². The van der Waals surface area contributed by atoms with Gasteiger partial charge in [-0.1, -0.05) is 6.07 Å². The SMILES string of the molecule is CCNC(=NCCN1C(=O)CNC1=O)N1CCN(Cc2ccc(OC)c(F)c2)CC1.I. The molecule has 2 N–H and O–H groups in total. The zero-order valence-electron chi connectivity index (χ0n) is 17.9. The van der Waals surface area contributed by atoms with Crippen LogP contribution in [0.2, 0.25) is 0 Å². The third-order valence-electron chi connectivity index (χ3n) is 5.15. The Morgan fingerprint density at radius 3 is 2.58 bits per heavy atom. The summed E-state index contributed by atoms with van der Waals surface area (Å²) in [5, 5.41) is 5.78. The van der Waals surface area contributed by atoms with Gasteiger partial charge < -0.3 is 20.3 Å². The second-order valence-corrected chi connectivity index (χ2v) is 7.17. The first kappa shape index (κ1) is 25.1. The van der Waals surface area contributed by atoms with Crippen molar-refractivity contribution in [1.82, 2.24) is 25.3 Å². The average Bonchev–Trinajstić information content (AvgIpc) is 3.06. The van der Waals surface area contributed by atoms with Gasteiger partial charge in [0.05, 0.1) is 26.7 Å². The van der Waals surface area contributed by atoms with Gasteiger partial charge in [0.25, 0.3) is 0 Å². The Labute approximate surface area is 199 Å². The van der Waals surface area contributed by atoms with Gasteiger partial charge in [0.15, 0.2) is 17.5 Å². The smallest absolute Gasteiger partial charge is 0.324 e. The topological polar surface area (TPSA) is 89.5 Å². The Hall–Kier alpha value is -2.15. The van der Waals surface area contributed by atoms with Gasteiger partial charge in [-0.2, -0.15) is 0 Å². The Morgan fingerprint density at radius 2 is 2.00 bits per heavy atom. The van der Waals surface area contributed by atoms with Crippen molar-refractivity contribution < 1.29 is 18.7 Å². The van der Waals surface area contributed by atoms with E-state index in [4.69, 9.17) is 4.74 Å². The number of ether oxygens (including phenoxy) is 1. The molecule has 0 bridgehead atoms. The molecule has 11 heteroatoms. The number of rotatable bonds is 7. The minimum atomic E-state index is -0.358. The van der Waals surface area contributed by atoms with Crippen molar-refractivity contribution in [1.29, 1.82) is 0 Å². The Kier molecular flexibility index (Phi) is 9.75. The highest BCUT2D eigenvalue weighted by Gasteiger charge is 2.28. The van der Waals surface area contributed by atoms with Crippen LogP contribution in [-0.4, -0.2) is 92.1 Å². The van der Waals surface area contributed by atoms with E-state index in [2.05, 4.69) is 25.4 Å². The summed E-state index contributed by atoms with van der Waals surface area (Å²) < 4.78 is 18.9. The number of nitrogens with one attached hydrogen (secondary N) is 2. The van der Waals surface area contributed by atoms with Crippen molar-refractivity contribution in [2.45, 2.75) is 13.5 Å². The average molecular weight is 548 g/mol. The molecule has 9 nitrogen and oxygen atoms in total. The van der Waals surface area contributed by atoms with E-state index in [1.165, 1.54) is 18.1 Å². The largest absolute Gasteiger partial charge is 0.494 e. The molecule has 31 heavy (non-hydrogen) atoms. The van der Waals surface area contributed by atoms with Crippen LogP contribution in [0, 0.1) is 5.82 Å². The lowest BCUT2D eigenvalue weighted by Gasteiger charge is -2.36. The first-order valence-corrected chi connectivity index (χ1v) is 10.2. The summed E-state index contributed by atoms with van der Waals surface area (Å²) in [6, 6.07) is 4.70. The van der Waals surface area contributed by atoms with Gasteiger partial charge in [-0.15, -0.1) is 24.0 Å². The lowest BCUT2D eigenvalue weighted by Crippen LogP contribution is -2.52. The number of benzene rings is 1. The molecule has 0 spiro atoms. The van der Waals surface area contributed by atoms with Crippen LogP contribution >= 0.6 is 24.0 Å². The van der Waals surface area contributed by atoms with Crippen LogP contribution in [-0.2, 0) is 11.3 Å². The molecule has 2 saturated heterocycles. The third-order valence-corrected chi connectivity index (χ3v) is 5.15. The molecule has 2 aliphatic heterocycles. The van der Waals surface area contributed by atoms with E-state index < -0.39 is 0 Å². The number of guanidine groups is 1. The van der Waals surface area contributed by atoms with E-state index in [9.17, 15) is 14.0 Å². The van der Waals surface area contributed by atoms with Crippen LogP contribution < -0.4 is 15.4 Å². The number of urea groups is 1. The molecule has 0 unspecified atom stereocenters. The number of halogens is 2. The van der Waals surface area contributed by atoms with Gasteiger partial charge in [0, 0.05) is 39.3 Å². The fraction of sp³-hybridized carbons (Fsp3) is 0.550. The number of amides is 3. The number of methoxy groups -OCH3 is 1. The molecule has 2 aliphatic rings. The molecule has 172 valence electrons. The van der Waals surface area contributed by atoms with Crippen LogP contribution in [0.15, 0.2) is 23.2 Å². The van der Waals surface area contributed by atoms with E-state index >= 15 is 0 Å². The first-order valence-electron chi connectivity index (χ1n) is 10.2. The number of carbonyl (C=O) groups excluding carboxylic acids is 2. The zero-order chi connectivity index (χ0) is 21.5. The number of hydrogen-bond donors (Lipinski definition) is 2. The predicted molar refractivity (Wildman–Crippen MR) is 126 cm³/mol. The maximum absolute atomic E-state index is 13.9. The fourth-order valence-corrected chi connectivity index (χ4v) is 3.55. The van der Waals surface area contributed by atoms with Crippen molar-refractivity contribution in [2.75, 3.05) is 59.5 Å². The summed E-state index contributed by atoms with van der Waals surface area (Å²) in [7, 11) is 1.46. The number of carbonyl (C=O) groups is 2. The Bertz CT molecular complexity index is 785. The van der Waals surface area contributed by atoms with E-state index in [0.29, 0.717) is 13.1 Å². The zero-order valence-corrected chi connectivity index (χ0v) is 20.2. The summed E-state index contributed by atoms with van der Waals surface area (Å²) in [5.74, 6) is 0.465. The van der Waals surface area contributed by atoms with Gasteiger partial charge in [0.2, 0.25) is 5.91 Å². The molecule has 2 heterocycles. The molecular weight excluding hydrogens is 518 g/mol. The molecule has 0 aromatic heterocycles. The monoisotopic (exact) mass is 548 g/mol. The molecule has 3 amide bonds. The minimum absolute atomic E-state index is 0. The lowest BCUT2D eigenvalue weighted by atomic mass is 10.2. The molecule has 3 rings (SSSR count). The van der Waals surface area contributed by atoms with E-state index in [-0.39, 0.29) is 60.6 Å². The summed E-state index contributed by atoms with van der Waals surface area (Å²) in [5.41, 5.74) is 0.913. The first-order chi connectivity index (χ1) is 14.5. The molecule has 0 radical (unpaired) electrons. The molecule has 1 aromatic rings. The van der Waals surface area contributed by atoms with Crippen molar-refractivity contribution >= 4 is 41.9 Å². The molecule has 0 aliphatic carbocycles. The summed E-state index contributed by atoms with van der Waals surface area (Å²) in [4.78, 5) is 33.5. The fourth-order valence-electron chi connectivity index (χ4n) is 3.55.